The molecule has 1 aromatic rings. The Kier molecular flexibility index (Phi) is 4.33. The minimum Gasteiger partial charge on any atom is -0.366 e. The van der Waals surface area contributed by atoms with E-state index in [1.165, 1.54) is 12.8 Å². The van der Waals surface area contributed by atoms with Gasteiger partial charge in [0.25, 0.3) is 0 Å². The number of carbonyl (C=O) groups excluding carboxylic acids is 1. The summed E-state index contributed by atoms with van der Waals surface area (Å²) in [4.78, 5) is 13.5. The monoisotopic (exact) mass is 247 g/mol. The maximum atomic E-state index is 11.1. The minimum absolute atomic E-state index is 0.360. The van der Waals surface area contributed by atoms with Crippen LogP contribution in [0.5, 0.6) is 0 Å². The third-order valence-corrected chi connectivity index (χ3v) is 3.58. The Morgan fingerprint density at radius 1 is 1.44 bits per heavy atom. The van der Waals surface area contributed by atoms with Gasteiger partial charge in [0.05, 0.1) is 0 Å². The van der Waals surface area contributed by atoms with Crippen molar-refractivity contribution in [2.24, 2.45) is 5.73 Å². The largest absolute Gasteiger partial charge is 0.366 e. The van der Waals surface area contributed by atoms with Gasteiger partial charge < -0.3 is 11.1 Å². The molecule has 18 heavy (non-hydrogen) atoms. The number of nitrogens with one attached hydrogen (secondary N) is 1. The van der Waals surface area contributed by atoms with E-state index in [1.54, 1.807) is 6.07 Å². The second kappa shape index (κ2) is 5.98. The van der Waals surface area contributed by atoms with E-state index in [1.807, 2.05) is 18.2 Å². The molecule has 1 aromatic carbocycles. The average Bonchev–Trinajstić information content (AvgIpc) is 2.40. The molecule has 0 saturated carbocycles. The van der Waals surface area contributed by atoms with E-state index in [9.17, 15) is 4.79 Å². The van der Waals surface area contributed by atoms with Crippen LogP contribution in [0.4, 0.5) is 0 Å². The smallest absolute Gasteiger partial charge is 0.248 e. The molecule has 1 aliphatic rings. The van der Waals surface area contributed by atoms with Gasteiger partial charge in [-0.15, -0.1) is 0 Å². The normalized spacial score (nSPS) is 17.0. The van der Waals surface area contributed by atoms with Crippen LogP contribution in [-0.4, -0.2) is 37.0 Å². The van der Waals surface area contributed by atoms with Crippen molar-refractivity contribution in [2.45, 2.75) is 25.4 Å². The van der Waals surface area contributed by atoms with Crippen molar-refractivity contribution in [3.8, 4) is 0 Å². The highest BCUT2D eigenvalue weighted by Gasteiger charge is 2.17. The van der Waals surface area contributed by atoms with Gasteiger partial charge in [0.15, 0.2) is 0 Å². The fourth-order valence-corrected chi connectivity index (χ4v) is 2.49. The zero-order chi connectivity index (χ0) is 13.0. The van der Waals surface area contributed by atoms with E-state index < -0.39 is 0 Å². The predicted octanol–water partition coefficient (Wildman–Crippen LogP) is 0.969. The molecular weight excluding hydrogens is 226 g/mol. The van der Waals surface area contributed by atoms with Crippen LogP contribution >= 0.6 is 0 Å². The van der Waals surface area contributed by atoms with Gasteiger partial charge in [-0.3, -0.25) is 9.69 Å². The summed E-state index contributed by atoms with van der Waals surface area (Å²) in [6, 6.07) is 8.22. The summed E-state index contributed by atoms with van der Waals surface area (Å²) >= 11 is 0. The predicted molar refractivity (Wildman–Crippen MR) is 72.3 cm³/mol. The number of rotatable bonds is 4. The summed E-state index contributed by atoms with van der Waals surface area (Å²) in [7, 11) is 2.15. The average molecular weight is 247 g/mol. The summed E-state index contributed by atoms with van der Waals surface area (Å²) < 4.78 is 0. The highest BCUT2D eigenvalue weighted by atomic mass is 16.1. The van der Waals surface area contributed by atoms with Crippen LogP contribution in [0, 0.1) is 0 Å². The minimum atomic E-state index is -0.360. The number of nitrogens with two attached hydrogens (primary N) is 1. The van der Waals surface area contributed by atoms with Crippen molar-refractivity contribution in [1.82, 2.24) is 10.2 Å². The molecule has 1 saturated heterocycles. The molecule has 0 atom stereocenters. The molecule has 1 aliphatic heterocycles. The van der Waals surface area contributed by atoms with E-state index in [4.69, 9.17) is 5.73 Å². The van der Waals surface area contributed by atoms with Crippen LogP contribution in [0.2, 0.25) is 0 Å². The molecule has 1 heterocycles. The van der Waals surface area contributed by atoms with Crippen LogP contribution < -0.4 is 11.1 Å². The Hall–Kier alpha value is -1.39. The van der Waals surface area contributed by atoms with Crippen molar-refractivity contribution in [1.29, 1.82) is 0 Å². The first kappa shape index (κ1) is 13.1. The van der Waals surface area contributed by atoms with Crippen LogP contribution in [0.1, 0.15) is 28.8 Å². The van der Waals surface area contributed by atoms with Crippen LogP contribution in [0.25, 0.3) is 0 Å². The van der Waals surface area contributed by atoms with Crippen LogP contribution in [0.15, 0.2) is 24.3 Å². The topological polar surface area (TPSA) is 58.4 Å². The third-order valence-electron chi connectivity index (χ3n) is 3.58. The molecule has 1 amide bonds. The van der Waals surface area contributed by atoms with Gasteiger partial charge in [-0.2, -0.15) is 0 Å². The van der Waals surface area contributed by atoms with Crippen molar-refractivity contribution in [2.75, 3.05) is 20.1 Å². The summed E-state index contributed by atoms with van der Waals surface area (Å²) in [6.45, 7) is 3.05. The standard InChI is InChI=1S/C14H21N3O/c1-17(13-5-7-16-8-6-13)10-11-3-2-4-12(9-11)14(15)18/h2-4,9,13,16H,5-8,10H2,1H3,(H2,15,18). The highest BCUT2D eigenvalue weighted by Crippen LogP contribution is 2.14. The Morgan fingerprint density at radius 2 is 2.17 bits per heavy atom. The summed E-state index contributed by atoms with van der Waals surface area (Å²) in [6.07, 6.45) is 2.37. The van der Waals surface area contributed by atoms with Crippen molar-refractivity contribution >= 4 is 5.91 Å². The summed E-state index contributed by atoms with van der Waals surface area (Å²) in [5.41, 5.74) is 7.03. The molecule has 0 aliphatic carbocycles. The lowest BCUT2D eigenvalue weighted by Gasteiger charge is -2.31. The lowest BCUT2D eigenvalue weighted by Crippen LogP contribution is -2.40. The van der Waals surface area contributed by atoms with Crippen molar-refractivity contribution in [3.63, 3.8) is 0 Å². The molecular formula is C14H21N3O. The van der Waals surface area contributed by atoms with Crippen LogP contribution in [-0.2, 0) is 6.54 Å². The SMILES string of the molecule is CN(Cc1cccc(C(N)=O)c1)C1CCNCC1. The van der Waals surface area contributed by atoms with Gasteiger partial charge in [0.1, 0.15) is 0 Å². The Morgan fingerprint density at radius 3 is 2.83 bits per heavy atom. The van der Waals surface area contributed by atoms with Crippen molar-refractivity contribution < 1.29 is 4.79 Å². The summed E-state index contributed by atoms with van der Waals surface area (Å²) in [5, 5.41) is 3.37. The van der Waals surface area contributed by atoms with Gasteiger partial charge in [-0.1, -0.05) is 12.1 Å². The molecule has 1 fully saturated rings. The van der Waals surface area contributed by atoms with Gasteiger partial charge in [-0.05, 0) is 50.7 Å². The zero-order valence-electron chi connectivity index (χ0n) is 10.9. The van der Waals surface area contributed by atoms with Crippen LogP contribution in [0.3, 0.4) is 0 Å². The molecule has 4 heteroatoms. The third kappa shape index (κ3) is 3.31. The Balaban J connectivity index is 1.99. The quantitative estimate of drug-likeness (QED) is 0.833. The molecule has 0 aromatic heterocycles. The maximum absolute atomic E-state index is 11.1. The van der Waals surface area contributed by atoms with E-state index in [-0.39, 0.29) is 5.91 Å². The molecule has 0 bridgehead atoms. The maximum Gasteiger partial charge on any atom is 0.248 e. The second-order valence-corrected chi connectivity index (χ2v) is 4.96. The molecule has 0 unspecified atom stereocenters. The fraction of sp³-hybridized carbons (Fsp3) is 0.500. The Labute approximate surface area is 108 Å². The molecule has 2 rings (SSSR count). The number of carbonyl (C=O) groups is 1. The lowest BCUT2D eigenvalue weighted by atomic mass is 10.0. The Bertz CT molecular complexity index is 413. The molecule has 0 spiro atoms. The van der Waals surface area contributed by atoms with E-state index in [0.717, 1.165) is 25.2 Å². The van der Waals surface area contributed by atoms with E-state index >= 15 is 0 Å². The lowest BCUT2D eigenvalue weighted by molar-refractivity contribution is 0.1000. The van der Waals surface area contributed by atoms with E-state index in [2.05, 4.69) is 17.3 Å². The van der Waals surface area contributed by atoms with Gasteiger partial charge in [0, 0.05) is 18.2 Å². The van der Waals surface area contributed by atoms with Gasteiger partial charge in [0.2, 0.25) is 5.91 Å². The van der Waals surface area contributed by atoms with Crippen molar-refractivity contribution in [3.05, 3.63) is 35.4 Å². The molecule has 3 N–H and O–H groups in total. The zero-order valence-corrected chi connectivity index (χ0v) is 10.9. The molecule has 4 nitrogen and oxygen atoms in total. The number of piperidine rings is 1. The number of benzene rings is 1. The second-order valence-electron chi connectivity index (χ2n) is 4.96. The highest BCUT2D eigenvalue weighted by molar-refractivity contribution is 5.92. The first-order valence-corrected chi connectivity index (χ1v) is 6.46. The van der Waals surface area contributed by atoms with Gasteiger partial charge >= 0.3 is 0 Å². The first-order chi connectivity index (χ1) is 8.66. The number of primary amides is 1. The molecule has 98 valence electrons. The number of hydrogen-bond acceptors (Lipinski definition) is 3. The number of nitrogens with zero attached hydrogens (tertiary/aromatic N) is 1. The number of hydrogen-bond donors (Lipinski definition) is 2. The fourth-order valence-electron chi connectivity index (χ4n) is 2.49. The molecule has 0 radical (unpaired) electrons. The van der Waals surface area contributed by atoms with E-state index in [0.29, 0.717) is 11.6 Å². The summed E-state index contributed by atoms with van der Waals surface area (Å²) in [5.74, 6) is -0.360. The number of amides is 1. The van der Waals surface area contributed by atoms with Gasteiger partial charge in [-0.25, -0.2) is 0 Å². The first-order valence-electron chi connectivity index (χ1n) is 6.46.